The number of aromatic nitrogens is 3. The molecule has 0 bridgehead atoms. The van der Waals surface area contributed by atoms with Gasteiger partial charge >= 0.3 is 0 Å². The van der Waals surface area contributed by atoms with E-state index in [1.54, 1.807) is 16.3 Å². The van der Waals surface area contributed by atoms with Gasteiger partial charge in [-0.25, -0.2) is 4.98 Å². The van der Waals surface area contributed by atoms with E-state index in [1.807, 2.05) is 36.5 Å². The van der Waals surface area contributed by atoms with Gasteiger partial charge in [0.05, 0.1) is 5.39 Å². The van der Waals surface area contributed by atoms with Crippen molar-refractivity contribution in [3.8, 4) is 11.1 Å². The van der Waals surface area contributed by atoms with E-state index in [9.17, 15) is 4.79 Å². The molecule has 0 saturated carbocycles. The zero-order valence-electron chi connectivity index (χ0n) is 10.1. The first kappa shape index (κ1) is 10.9. The van der Waals surface area contributed by atoms with Gasteiger partial charge in [0.15, 0.2) is 5.16 Å². The van der Waals surface area contributed by atoms with Crippen molar-refractivity contribution in [3.63, 3.8) is 0 Å². The number of fused-ring (bicyclic) bond motifs is 2. The second-order valence-electron chi connectivity index (χ2n) is 4.49. The Bertz CT molecular complexity index is 820. The smallest absolute Gasteiger partial charge is 0.264 e. The largest absolute Gasteiger partial charge is 0.345 e. The number of H-pyrrole nitrogens is 1. The van der Waals surface area contributed by atoms with Crippen LogP contribution in [0.5, 0.6) is 0 Å². The minimum atomic E-state index is 0.0603. The Morgan fingerprint density at radius 2 is 2.11 bits per heavy atom. The number of hydrogen-bond acceptors (Lipinski definition) is 3. The SMILES string of the molecule is O=c1c2c(-c3ccccc3)c[nH]c2nc2n1CCS2. The zero-order valence-corrected chi connectivity index (χ0v) is 10.9. The van der Waals surface area contributed by atoms with Gasteiger partial charge < -0.3 is 4.98 Å². The lowest BCUT2D eigenvalue weighted by Crippen LogP contribution is -2.20. The molecule has 4 nitrogen and oxygen atoms in total. The lowest BCUT2D eigenvalue weighted by molar-refractivity contribution is 0.668. The summed E-state index contributed by atoms with van der Waals surface area (Å²) in [4.78, 5) is 20.2. The number of hydrogen-bond donors (Lipinski definition) is 1. The molecule has 1 aliphatic heterocycles. The lowest BCUT2D eigenvalue weighted by Gasteiger charge is -2.02. The summed E-state index contributed by atoms with van der Waals surface area (Å²) in [6.07, 6.45) is 1.87. The van der Waals surface area contributed by atoms with Crippen molar-refractivity contribution in [2.24, 2.45) is 0 Å². The van der Waals surface area contributed by atoms with Crippen molar-refractivity contribution < 1.29 is 0 Å². The van der Waals surface area contributed by atoms with Crippen LogP contribution in [0.15, 0.2) is 46.5 Å². The molecule has 0 spiro atoms. The predicted octanol–water partition coefficient (Wildman–Crippen LogP) is 2.50. The van der Waals surface area contributed by atoms with Gasteiger partial charge in [-0.3, -0.25) is 9.36 Å². The molecule has 1 aromatic carbocycles. The molecule has 19 heavy (non-hydrogen) atoms. The molecule has 0 saturated heterocycles. The van der Waals surface area contributed by atoms with E-state index in [2.05, 4.69) is 9.97 Å². The van der Waals surface area contributed by atoms with Crippen LogP contribution in [0.1, 0.15) is 0 Å². The van der Waals surface area contributed by atoms with Crippen LogP contribution in [0.3, 0.4) is 0 Å². The standard InChI is InChI=1S/C14H11N3OS/c18-13-11-10(9-4-2-1-3-5-9)8-15-12(11)16-14-17(13)6-7-19-14/h1-5,8,15H,6-7H2. The molecular weight excluding hydrogens is 258 g/mol. The molecule has 2 aromatic heterocycles. The fourth-order valence-electron chi connectivity index (χ4n) is 2.48. The molecule has 0 amide bonds. The van der Waals surface area contributed by atoms with Gasteiger partial charge in [-0.15, -0.1) is 0 Å². The van der Waals surface area contributed by atoms with E-state index < -0.39 is 0 Å². The predicted molar refractivity (Wildman–Crippen MR) is 76.5 cm³/mol. The first-order valence-corrected chi connectivity index (χ1v) is 7.13. The normalized spacial score (nSPS) is 13.9. The molecule has 94 valence electrons. The van der Waals surface area contributed by atoms with Crippen LogP contribution in [0.4, 0.5) is 0 Å². The zero-order chi connectivity index (χ0) is 12.8. The highest BCUT2D eigenvalue weighted by Gasteiger charge is 2.19. The van der Waals surface area contributed by atoms with Gasteiger partial charge in [0, 0.05) is 24.1 Å². The average Bonchev–Trinajstić information content (AvgIpc) is 3.06. The monoisotopic (exact) mass is 269 g/mol. The van der Waals surface area contributed by atoms with Crippen LogP contribution in [0, 0.1) is 0 Å². The first-order valence-electron chi connectivity index (χ1n) is 6.15. The number of nitrogens with one attached hydrogen (secondary N) is 1. The van der Waals surface area contributed by atoms with Crippen molar-refractivity contribution in [3.05, 3.63) is 46.9 Å². The second-order valence-corrected chi connectivity index (χ2v) is 5.55. The molecule has 1 N–H and O–H groups in total. The Kier molecular flexibility index (Phi) is 2.29. The number of aromatic amines is 1. The quantitative estimate of drug-likeness (QED) is 0.691. The van der Waals surface area contributed by atoms with Gasteiger partial charge in [0.1, 0.15) is 5.65 Å². The summed E-state index contributed by atoms with van der Waals surface area (Å²) >= 11 is 1.63. The van der Waals surface area contributed by atoms with Crippen LogP contribution >= 0.6 is 11.8 Å². The van der Waals surface area contributed by atoms with Crippen LogP contribution in [0.2, 0.25) is 0 Å². The minimum Gasteiger partial charge on any atom is -0.345 e. The van der Waals surface area contributed by atoms with Crippen LogP contribution in [-0.2, 0) is 6.54 Å². The fourth-order valence-corrected chi connectivity index (χ4v) is 3.42. The second kappa shape index (κ2) is 3.99. The molecule has 5 heteroatoms. The summed E-state index contributed by atoms with van der Waals surface area (Å²) in [5.74, 6) is 0.926. The molecule has 3 aromatic rings. The van der Waals surface area contributed by atoms with Gasteiger partial charge in [-0.2, -0.15) is 0 Å². The van der Waals surface area contributed by atoms with E-state index in [1.165, 1.54) is 0 Å². The third-order valence-corrected chi connectivity index (χ3v) is 4.34. The van der Waals surface area contributed by atoms with Gasteiger partial charge in [-0.1, -0.05) is 42.1 Å². The maximum absolute atomic E-state index is 12.6. The maximum atomic E-state index is 12.6. The summed E-state index contributed by atoms with van der Waals surface area (Å²) < 4.78 is 1.77. The van der Waals surface area contributed by atoms with Gasteiger partial charge in [-0.05, 0) is 5.56 Å². The molecular formula is C14H11N3OS. The molecule has 4 rings (SSSR count). The maximum Gasteiger partial charge on any atom is 0.264 e. The Balaban J connectivity index is 2.07. The summed E-state index contributed by atoms with van der Waals surface area (Å²) in [6.45, 7) is 0.751. The minimum absolute atomic E-state index is 0.0603. The topological polar surface area (TPSA) is 50.7 Å². The molecule has 3 heterocycles. The van der Waals surface area contributed by atoms with Crippen molar-refractivity contribution in [1.29, 1.82) is 0 Å². The van der Waals surface area contributed by atoms with E-state index in [4.69, 9.17) is 0 Å². The van der Waals surface area contributed by atoms with Gasteiger partial charge in [0.2, 0.25) is 0 Å². The molecule has 0 fully saturated rings. The highest BCUT2D eigenvalue weighted by Crippen LogP contribution is 2.28. The summed E-state index contributed by atoms with van der Waals surface area (Å²) in [7, 11) is 0. The summed E-state index contributed by atoms with van der Waals surface area (Å²) in [5.41, 5.74) is 2.72. The third kappa shape index (κ3) is 1.55. The Labute approximate surface area is 113 Å². The van der Waals surface area contributed by atoms with Crippen molar-refractivity contribution >= 4 is 22.8 Å². The van der Waals surface area contributed by atoms with E-state index in [0.717, 1.165) is 28.6 Å². The average molecular weight is 269 g/mol. The van der Waals surface area contributed by atoms with Crippen molar-refractivity contribution in [1.82, 2.24) is 14.5 Å². The number of rotatable bonds is 1. The summed E-state index contributed by atoms with van der Waals surface area (Å²) in [5, 5.41) is 1.51. The van der Waals surface area contributed by atoms with Crippen molar-refractivity contribution in [2.45, 2.75) is 11.7 Å². The molecule has 0 radical (unpaired) electrons. The molecule has 0 atom stereocenters. The van der Waals surface area contributed by atoms with Crippen LogP contribution in [0.25, 0.3) is 22.2 Å². The Morgan fingerprint density at radius 3 is 2.95 bits per heavy atom. The number of nitrogens with zero attached hydrogens (tertiary/aromatic N) is 2. The number of thioether (sulfide) groups is 1. The molecule has 0 aliphatic carbocycles. The van der Waals surface area contributed by atoms with Gasteiger partial charge in [0.25, 0.3) is 5.56 Å². The highest BCUT2D eigenvalue weighted by atomic mass is 32.2. The molecule has 0 unspecified atom stereocenters. The Hall–Kier alpha value is -2.01. The lowest BCUT2D eigenvalue weighted by atomic mass is 10.1. The first-order chi connectivity index (χ1) is 9.34. The van der Waals surface area contributed by atoms with E-state index in [-0.39, 0.29) is 5.56 Å². The van der Waals surface area contributed by atoms with Crippen LogP contribution < -0.4 is 5.56 Å². The third-order valence-electron chi connectivity index (χ3n) is 3.39. The van der Waals surface area contributed by atoms with Crippen molar-refractivity contribution in [2.75, 3.05) is 5.75 Å². The highest BCUT2D eigenvalue weighted by molar-refractivity contribution is 7.99. The number of benzene rings is 1. The fraction of sp³-hybridized carbons (Fsp3) is 0.143. The van der Waals surface area contributed by atoms with E-state index >= 15 is 0 Å². The van der Waals surface area contributed by atoms with E-state index in [0.29, 0.717) is 11.0 Å². The Morgan fingerprint density at radius 1 is 1.26 bits per heavy atom. The molecule has 1 aliphatic rings. The van der Waals surface area contributed by atoms with Crippen LogP contribution in [-0.4, -0.2) is 20.3 Å². The summed E-state index contributed by atoms with van der Waals surface area (Å²) in [6, 6.07) is 9.94.